The van der Waals surface area contributed by atoms with Crippen molar-refractivity contribution < 1.29 is 19.2 Å². The summed E-state index contributed by atoms with van der Waals surface area (Å²) < 4.78 is 10.6. The van der Waals surface area contributed by atoms with Crippen LogP contribution in [0.25, 0.3) is 11.3 Å². The number of nitrogens with zero attached hydrogens (tertiary/aromatic N) is 1. The molecule has 0 saturated carbocycles. The molecule has 0 atom stereocenters. The number of ether oxygens (including phenoxy) is 1. The van der Waals surface area contributed by atoms with Crippen molar-refractivity contribution in [2.45, 2.75) is 46.5 Å². The molecule has 1 N–H and O–H groups in total. The number of hydrogen-bond donors (Lipinski definition) is 1. The summed E-state index contributed by atoms with van der Waals surface area (Å²) in [7, 11) is 1.58. The third-order valence-corrected chi connectivity index (χ3v) is 3.95. The smallest absolute Gasteiger partial charge is 0.358 e. The van der Waals surface area contributed by atoms with Gasteiger partial charge in [0, 0.05) is 6.07 Å². The molecular formula is C19H25NO4. The Labute approximate surface area is 142 Å². The van der Waals surface area contributed by atoms with Crippen LogP contribution >= 0.6 is 0 Å². The number of methoxy groups -OCH3 is 1. The SMILES string of the molecule is COc1ccc(C(C)(C)CC(C)(C)C)cc1-c1cc(C(=O)O)no1. The van der Waals surface area contributed by atoms with Crippen molar-refractivity contribution in [3.8, 4) is 17.1 Å². The fraction of sp³-hybridized carbons (Fsp3) is 0.474. The van der Waals surface area contributed by atoms with Crippen molar-refractivity contribution in [3.63, 3.8) is 0 Å². The molecule has 1 heterocycles. The van der Waals surface area contributed by atoms with Gasteiger partial charge in [-0.3, -0.25) is 0 Å². The van der Waals surface area contributed by atoms with E-state index in [2.05, 4.69) is 39.8 Å². The van der Waals surface area contributed by atoms with Gasteiger partial charge in [-0.2, -0.15) is 0 Å². The Bertz CT molecular complexity index is 738. The summed E-state index contributed by atoms with van der Waals surface area (Å²) in [5, 5.41) is 12.6. The molecule has 0 spiro atoms. The summed E-state index contributed by atoms with van der Waals surface area (Å²) >= 11 is 0. The van der Waals surface area contributed by atoms with Gasteiger partial charge in [0.2, 0.25) is 0 Å². The fourth-order valence-corrected chi connectivity index (χ4v) is 3.25. The van der Waals surface area contributed by atoms with E-state index < -0.39 is 5.97 Å². The Kier molecular flexibility index (Phi) is 4.74. The molecule has 130 valence electrons. The van der Waals surface area contributed by atoms with Gasteiger partial charge in [0.05, 0.1) is 12.7 Å². The lowest BCUT2D eigenvalue weighted by molar-refractivity contribution is 0.0686. The quantitative estimate of drug-likeness (QED) is 0.855. The molecule has 2 rings (SSSR count). The molecule has 0 bridgehead atoms. The predicted molar refractivity (Wildman–Crippen MR) is 92.5 cm³/mol. The molecule has 24 heavy (non-hydrogen) atoms. The van der Waals surface area contributed by atoms with E-state index >= 15 is 0 Å². The second-order valence-corrected chi connectivity index (χ2v) is 7.92. The van der Waals surface area contributed by atoms with Gasteiger partial charge in [-0.15, -0.1) is 0 Å². The minimum absolute atomic E-state index is 0.0467. The van der Waals surface area contributed by atoms with Crippen molar-refractivity contribution in [1.82, 2.24) is 5.16 Å². The lowest BCUT2D eigenvalue weighted by Gasteiger charge is -2.33. The van der Waals surface area contributed by atoms with E-state index in [9.17, 15) is 4.79 Å². The van der Waals surface area contributed by atoms with Crippen LogP contribution in [-0.2, 0) is 5.41 Å². The maximum atomic E-state index is 11.0. The van der Waals surface area contributed by atoms with E-state index in [4.69, 9.17) is 14.4 Å². The molecule has 0 fully saturated rings. The third-order valence-electron chi connectivity index (χ3n) is 3.95. The highest BCUT2D eigenvalue weighted by atomic mass is 16.5. The van der Waals surface area contributed by atoms with Gasteiger partial charge in [-0.1, -0.05) is 45.8 Å². The van der Waals surface area contributed by atoms with E-state index in [0.29, 0.717) is 17.1 Å². The molecule has 0 unspecified atom stereocenters. The first-order valence-electron chi connectivity index (χ1n) is 7.92. The van der Waals surface area contributed by atoms with Gasteiger partial charge < -0.3 is 14.4 Å². The molecular weight excluding hydrogens is 306 g/mol. The van der Waals surface area contributed by atoms with Crippen LogP contribution in [-0.4, -0.2) is 23.3 Å². The Hall–Kier alpha value is -2.30. The number of carboxylic acids is 1. The minimum Gasteiger partial charge on any atom is -0.496 e. The Morgan fingerprint density at radius 1 is 1.21 bits per heavy atom. The van der Waals surface area contributed by atoms with Gasteiger partial charge in [0.15, 0.2) is 11.5 Å². The molecule has 5 nitrogen and oxygen atoms in total. The number of carbonyl (C=O) groups is 1. The first kappa shape index (κ1) is 18.0. The number of aromatic nitrogens is 1. The minimum atomic E-state index is -1.12. The molecule has 0 aliphatic carbocycles. The maximum Gasteiger partial charge on any atom is 0.358 e. The average molecular weight is 331 g/mol. The number of aromatic carboxylic acids is 1. The molecule has 0 saturated heterocycles. The van der Waals surface area contributed by atoms with Gasteiger partial charge in [-0.05, 0) is 34.9 Å². The highest BCUT2D eigenvalue weighted by Crippen LogP contribution is 2.40. The van der Waals surface area contributed by atoms with Crippen molar-refractivity contribution in [1.29, 1.82) is 0 Å². The van der Waals surface area contributed by atoms with Crippen molar-refractivity contribution in [3.05, 3.63) is 35.5 Å². The van der Waals surface area contributed by atoms with E-state index in [-0.39, 0.29) is 16.5 Å². The molecule has 1 aromatic carbocycles. The summed E-state index contributed by atoms with van der Waals surface area (Å²) in [6.45, 7) is 11.1. The summed E-state index contributed by atoms with van der Waals surface area (Å²) in [4.78, 5) is 11.0. The molecule has 1 aromatic heterocycles. The van der Waals surface area contributed by atoms with Crippen molar-refractivity contribution in [2.75, 3.05) is 7.11 Å². The second-order valence-electron chi connectivity index (χ2n) is 7.92. The summed E-state index contributed by atoms with van der Waals surface area (Å²) in [6, 6.07) is 7.35. The molecule has 0 amide bonds. The maximum absolute atomic E-state index is 11.0. The Morgan fingerprint density at radius 2 is 1.88 bits per heavy atom. The van der Waals surface area contributed by atoms with Crippen LogP contribution in [0, 0.1) is 5.41 Å². The standard InChI is InChI=1S/C19H25NO4/c1-18(2,3)11-19(4,5)12-7-8-15(23-6)13(9-12)16-10-14(17(21)22)20-24-16/h7-10H,11H2,1-6H3,(H,21,22). The number of hydrogen-bond acceptors (Lipinski definition) is 4. The lowest BCUT2D eigenvalue weighted by Crippen LogP contribution is -2.24. The zero-order valence-corrected chi connectivity index (χ0v) is 15.1. The topological polar surface area (TPSA) is 72.6 Å². The van der Waals surface area contributed by atoms with E-state index in [0.717, 1.165) is 12.0 Å². The molecule has 0 aliphatic heterocycles. The Balaban J connectivity index is 2.49. The fourth-order valence-electron chi connectivity index (χ4n) is 3.25. The molecule has 0 radical (unpaired) electrons. The van der Waals surface area contributed by atoms with E-state index in [1.54, 1.807) is 7.11 Å². The summed E-state index contributed by atoms with van der Waals surface area (Å²) in [5.74, 6) is -0.107. The van der Waals surface area contributed by atoms with Crippen LogP contribution in [0.3, 0.4) is 0 Å². The summed E-state index contributed by atoms with van der Waals surface area (Å²) in [5.41, 5.74) is 1.87. The lowest BCUT2D eigenvalue weighted by atomic mass is 9.72. The van der Waals surface area contributed by atoms with Crippen LogP contribution in [0.1, 0.15) is 57.1 Å². The second kappa shape index (κ2) is 6.30. The largest absolute Gasteiger partial charge is 0.496 e. The van der Waals surface area contributed by atoms with Gasteiger partial charge in [-0.25, -0.2) is 4.79 Å². The zero-order chi connectivity index (χ0) is 18.1. The van der Waals surface area contributed by atoms with Crippen molar-refractivity contribution >= 4 is 5.97 Å². The van der Waals surface area contributed by atoms with E-state index in [1.807, 2.05) is 18.2 Å². The van der Waals surface area contributed by atoms with Crippen LogP contribution < -0.4 is 4.74 Å². The molecule has 0 aliphatic rings. The third kappa shape index (κ3) is 3.96. The van der Waals surface area contributed by atoms with Crippen LogP contribution in [0.4, 0.5) is 0 Å². The normalized spacial score (nSPS) is 12.2. The molecule has 5 heteroatoms. The summed E-state index contributed by atoms with van der Waals surface area (Å²) in [6.07, 6.45) is 1.00. The highest BCUT2D eigenvalue weighted by Gasteiger charge is 2.28. The average Bonchev–Trinajstić information content (AvgIpc) is 2.94. The zero-order valence-electron chi connectivity index (χ0n) is 15.1. The number of carboxylic acid groups (broad SMARTS) is 1. The predicted octanol–water partition coefficient (Wildman–Crippen LogP) is 4.76. The van der Waals surface area contributed by atoms with Gasteiger partial charge >= 0.3 is 5.97 Å². The van der Waals surface area contributed by atoms with E-state index in [1.165, 1.54) is 6.07 Å². The van der Waals surface area contributed by atoms with Crippen molar-refractivity contribution in [2.24, 2.45) is 5.41 Å². The number of rotatable bonds is 5. The Morgan fingerprint density at radius 3 is 2.38 bits per heavy atom. The van der Waals surface area contributed by atoms with Gasteiger partial charge in [0.25, 0.3) is 0 Å². The van der Waals surface area contributed by atoms with Crippen LogP contribution in [0.2, 0.25) is 0 Å². The molecule has 2 aromatic rings. The highest BCUT2D eigenvalue weighted by molar-refractivity contribution is 5.86. The first-order valence-corrected chi connectivity index (χ1v) is 7.92. The first-order chi connectivity index (χ1) is 11.0. The van der Waals surface area contributed by atoms with Gasteiger partial charge in [0.1, 0.15) is 5.75 Å². The van der Waals surface area contributed by atoms with Crippen LogP contribution in [0.15, 0.2) is 28.8 Å². The monoisotopic (exact) mass is 331 g/mol. The van der Waals surface area contributed by atoms with Crippen LogP contribution in [0.5, 0.6) is 5.75 Å². The number of benzene rings is 1.